The Bertz CT molecular complexity index is 1080. The van der Waals surface area contributed by atoms with Gasteiger partial charge in [0.1, 0.15) is 0 Å². The topological polar surface area (TPSA) is 47.8 Å². The minimum atomic E-state index is -0.0679. The molecule has 112 valence electrons. The van der Waals surface area contributed by atoms with Crippen LogP contribution in [0.25, 0.3) is 21.7 Å². The molecule has 2 aromatic heterocycles. The molecule has 0 N–H and O–H groups in total. The molecule has 23 heavy (non-hydrogen) atoms. The summed E-state index contributed by atoms with van der Waals surface area (Å²) in [6.45, 7) is 2.40. The highest BCUT2D eigenvalue weighted by Crippen LogP contribution is 2.19. The van der Waals surface area contributed by atoms with E-state index in [9.17, 15) is 4.79 Å². The van der Waals surface area contributed by atoms with Gasteiger partial charge in [0.2, 0.25) is 0 Å². The summed E-state index contributed by atoms with van der Waals surface area (Å²) in [6, 6.07) is 17.5. The first-order chi connectivity index (χ1) is 11.2. The predicted molar refractivity (Wildman–Crippen MR) is 91.6 cm³/mol. The lowest BCUT2D eigenvalue weighted by Gasteiger charge is -2.10. The van der Waals surface area contributed by atoms with Crippen LogP contribution in [0.2, 0.25) is 0 Å². The van der Waals surface area contributed by atoms with Crippen LogP contribution in [0, 0.1) is 6.92 Å². The number of para-hydroxylation sites is 1. The Morgan fingerprint density at radius 3 is 2.61 bits per heavy atom. The Kier molecular flexibility index (Phi) is 3.15. The summed E-state index contributed by atoms with van der Waals surface area (Å²) < 4.78 is 1.52. The minimum Gasteiger partial charge on any atom is -0.267 e. The summed E-state index contributed by atoms with van der Waals surface area (Å²) in [5, 5.41) is 6.93. The number of rotatable bonds is 2. The molecule has 0 bridgehead atoms. The Balaban J connectivity index is 1.88. The number of nitrogens with zero attached hydrogens (tertiary/aromatic N) is 3. The van der Waals surface area contributed by atoms with Gasteiger partial charge in [-0.25, -0.2) is 4.68 Å². The van der Waals surface area contributed by atoms with E-state index in [1.165, 1.54) is 4.68 Å². The molecule has 0 saturated heterocycles. The van der Waals surface area contributed by atoms with Crippen molar-refractivity contribution in [3.63, 3.8) is 0 Å². The monoisotopic (exact) mass is 301 g/mol. The van der Waals surface area contributed by atoms with E-state index in [0.717, 1.165) is 27.5 Å². The molecule has 4 rings (SSSR count). The summed E-state index contributed by atoms with van der Waals surface area (Å²) in [5.41, 5.74) is 2.86. The van der Waals surface area contributed by atoms with Crippen LogP contribution < -0.4 is 5.56 Å². The lowest BCUT2D eigenvalue weighted by atomic mass is 10.1. The van der Waals surface area contributed by atoms with Crippen LogP contribution >= 0.6 is 0 Å². The van der Waals surface area contributed by atoms with Crippen LogP contribution in [0.5, 0.6) is 0 Å². The Morgan fingerprint density at radius 1 is 1.00 bits per heavy atom. The minimum absolute atomic E-state index is 0.0679. The fourth-order valence-corrected chi connectivity index (χ4v) is 2.93. The number of benzene rings is 2. The smallest absolute Gasteiger partial charge is 0.267 e. The van der Waals surface area contributed by atoms with Crippen molar-refractivity contribution in [3.05, 3.63) is 82.4 Å². The highest BCUT2D eigenvalue weighted by Gasteiger charge is 2.08. The molecule has 0 saturated carbocycles. The fraction of sp³-hybridized carbons (Fsp3) is 0.105. The van der Waals surface area contributed by atoms with Crippen LogP contribution in [0.15, 0.2) is 65.6 Å². The zero-order valence-electron chi connectivity index (χ0n) is 12.7. The first-order valence-corrected chi connectivity index (χ1v) is 7.52. The largest absolute Gasteiger partial charge is 0.274 e. The Hall–Kier alpha value is -3.01. The van der Waals surface area contributed by atoms with E-state index >= 15 is 0 Å². The Morgan fingerprint density at radius 2 is 1.74 bits per heavy atom. The molecule has 0 aliphatic heterocycles. The predicted octanol–water partition coefficient (Wildman–Crippen LogP) is 3.30. The number of fused-ring (bicyclic) bond motifs is 2. The second kappa shape index (κ2) is 5.32. The normalized spacial score (nSPS) is 11.2. The fourth-order valence-electron chi connectivity index (χ4n) is 2.93. The molecule has 0 amide bonds. The maximum Gasteiger partial charge on any atom is 0.274 e. The van der Waals surface area contributed by atoms with E-state index in [1.807, 2.05) is 61.5 Å². The van der Waals surface area contributed by atoms with E-state index in [2.05, 4.69) is 10.1 Å². The van der Waals surface area contributed by atoms with Gasteiger partial charge in [0.05, 0.1) is 23.6 Å². The van der Waals surface area contributed by atoms with E-state index in [1.54, 1.807) is 6.20 Å². The van der Waals surface area contributed by atoms with Gasteiger partial charge in [0.25, 0.3) is 5.56 Å². The van der Waals surface area contributed by atoms with Crippen molar-refractivity contribution in [1.29, 1.82) is 0 Å². The van der Waals surface area contributed by atoms with Crippen LogP contribution in [0.4, 0.5) is 0 Å². The van der Waals surface area contributed by atoms with Gasteiger partial charge in [-0.3, -0.25) is 9.78 Å². The molecule has 0 atom stereocenters. The second-order valence-corrected chi connectivity index (χ2v) is 5.63. The van der Waals surface area contributed by atoms with Crippen molar-refractivity contribution in [2.75, 3.05) is 0 Å². The molecule has 4 aromatic rings. The third kappa shape index (κ3) is 2.38. The summed E-state index contributed by atoms with van der Waals surface area (Å²) in [6.07, 6.45) is 1.74. The van der Waals surface area contributed by atoms with Gasteiger partial charge in [-0.05, 0) is 30.7 Å². The molecule has 2 aromatic carbocycles. The van der Waals surface area contributed by atoms with Crippen molar-refractivity contribution in [2.45, 2.75) is 13.5 Å². The number of hydrogen-bond acceptors (Lipinski definition) is 3. The van der Waals surface area contributed by atoms with Crippen molar-refractivity contribution < 1.29 is 0 Å². The summed E-state index contributed by atoms with van der Waals surface area (Å²) in [4.78, 5) is 17.2. The SMILES string of the molecule is Cc1cc(Cn2ncc3ccccc3c2=O)c2ccccc2n1. The van der Waals surface area contributed by atoms with Crippen LogP contribution in [-0.2, 0) is 6.54 Å². The van der Waals surface area contributed by atoms with E-state index in [4.69, 9.17) is 0 Å². The standard InChI is InChI=1S/C19H15N3O/c1-13-10-15(16-7-4-5-9-18(16)21-13)12-22-19(23)17-8-3-2-6-14(17)11-20-22/h2-11H,12H2,1H3. The zero-order chi connectivity index (χ0) is 15.8. The first kappa shape index (κ1) is 13.6. The van der Waals surface area contributed by atoms with Gasteiger partial charge in [0.15, 0.2) is 0 Å². The molecular formula is C19H15N3O. The van der Waals surface area contributed by atoms with Gasteiger partial charge < -0.3 is 0 Å². The highest BCUT2D eigenvalue weighted by atomic mass is 16.1. The quantitative estimate of drug-likeness (QED) is 0.571. The summed E-state index contributed by atoms with van der Waals surface area (Å²) in [7, 11) is 0. The van der Waals surface area contributed by atoms with Gasteiger partial charge in [-0.1, -0.05) is 36.4 Å². The maximum atomic E-state index is 12.6. The average Bonchev–Trinajstić information content (AvgIpc) is 2.57. The van der Waals surface area contributed by atoms with Gasteiger partial charge >= 0.3 is 0 Å². The molecule has 0 aliphatic rings. The van der Waals surface area contributed by atoms with Crippen molar-refractivity contribution >= 4 is 21.7 Å². The molecule has 0 radical (unpaired) electrons. The lowest BCUT2D eigenvalue weighted by Crippen LogP contribution is -2.23. The Labute approximate surface area is 133 Å². The van der Waals surface area contributed by atoms with E-state index < -0.39 is 0 Å². The summed E-state index contributed by atoms with van der Waals surface area (Å²) >= 11 is 0. The van der Waals surface area contributed by atoms with Crippen molar-refractivity contribution in [3.8, 4) is 0 Å². The third-order valence-corrected chi connectivity index (χ3v) is 4.01. The number of pyridine rings is 1. The molecule has 0 aliphatic carbocycles. The zero-order valence-corrected chi connectivity index (χ0v) is 12.7. The first-order valence-electron chi connectivity index (χ1n) is 7.52. The molecule has 4 heteroatoms. The molecular weight excluding hydrogens is 286 g/mol. The molecule has 0 fully saturated rings. The average molecular weight is 301 g/mol. The second-order valence-electron chi connectivity index (χ2n) is 5.63. The molecule has 4 nitrogen and oxygen atoms in total. The number of hydrogen-bond donors (Lipinski definition) is 0. The van der Waals surface area contributed by atoms with E-state index in [-0.39, 0.29) is 5.56 Å². The van der Waals surface area contributed by atoms with Crippen molar-refractivity contribution in [2.24, 2.45) is 0 Å². The van der Waals surface area contributed by atoms with Gasteiger partial charge in [0, 0.05) is 16.5 Å². The molecule has 0 unspecified atom stereocenters. The van der Waals surface area contributed by atoms with Gasteiger partial charge in [-0.2, -0.15) is 5.10 Å². The summed E-state index contributed by atoms with van der Waals surface area (Å²) in [5.74, 6) is 0. The van der Waals surface area contributed by atoms with Crippen LogP contribution in [0.3, 0.4) is 0 Å². The van der Waals surface area contributed by atoms with Gasteiger partial charge in [-0.15, -0.1) is 0 Å². The number of aryl methyl sites for hydroxylation is 1. The van der Waals surface area contributed by atoms with Crippen LogP contribution in [-0.4, -0.2) is 14.8 Å². The van der Waals surface area contributed by atoms with Crippen LogP contribution in [0.1, 0.15) is 11.3 Å². The lowest BCUT2D eigenvalue weighted by molar-refractivity contribution is 0.649. The maximum absolute atomic E-state index is 12.6. The third-order valence-electron chi connectivity index (χ3n) is 4.01. The molecule has 0 spiro atoms. The van der Waals surface area contributed by atoms with E-state index in [0.29, 0.717) is 11.9 Å². The number of aromatic nitrogens is 3. The molecule has 2 heterocycles. The highest BCUT2D eigenvalue weighted by molar-refractivity contribution is 5.82. The van der Waals surface area contributed by atoms with Crippen molar-refractivity contribution in [1.82, 2.24) is 14.8 Å².